The number of carbonyl (C=O) groups is 1. The van der Waals surface area contributed by atoms with Crippen molar-refractivity contribution in [1.82, 2.24) is 20.4 Å². The summed E-state index contributed by atoms with van der Waals surface area (Å²) in [6, 6.07) is 35.3. The number of urea groups is 1. The Morgan fingerprint density at radius 1 is 0.750 bits per heavy atom. The van der Waals surface area contributed by atoms with Crippen LogP contribution < -0.4 is 10.6 Å². The topological polar surface area (TPSA) is 86.3 Å². The lowest BCUT2D eigenvalue weighted by Gasteiger charge is -2.44. The molecule has 3 N–H and O–H groups in total. The van der Waals surface area contributed by atoms with Gasteiger partial charge in [0.25, 0.3) is 0 Å². The van der Waals surface area contributed by atoms with Gasteiger partial charge in [0, 0.05) is 63.8 Å². The second kappa shape index (κ2) is 16.4. The van der Waals surface area contributed by atoms with Crippen LogP contribution in [0.4, 0.5) is 4.79 Å². The number of aliphatic hydroxyl groups is 1. The first-order valence-electron chi connectivity index (χ1n) is 17.2. The predicted molar refractivity (Wildman–Crippen MR) is 189 cm³/mol. The first-order chi connectivity index (χ1) is 23.5. The van der Waals surface area contributed by atoms with Gasteiger partial charge in [-0.15, -0.1) is 0 Å². The number of piperazine rings is 1. The first-order valence-corrected chi connectivity index (χ1v) is 17.2. The third-order valence-electron chi connectivity index (χ3n) is 9.51. The van der Waals surface area contributed by atoms with Gasteiger partial charge in [-0.3, -0.25) is 9.80 Å². The molecular weight excluding hydrogens is 600 g/mol. The summed E-state index contributed by atoms with van der Waals surface area (Å²) < 4.78 is 13.5. The van der Waals surface area contributed by atoms with E-state index < -0.39 is 6.29 Å². The van der Waals surface area contributed by atoms with Gasteiger partial charge in [-0.05, 0) is 46.4 Å². The quantitative estimate of drug-likeness (QED) is 0.178. The van der Waals surface area contributed by atoms with Crippen LogP contribution >= 0.6 is 0 Å². The number of hydrogen-bond acceptors (Lipinski definition) is 6. The Hall–Kier alpha value is -4.05. The van der Waals surface area contributed by atoms with E-state index in [1.807, 2.05) is 31.2 Å². The van der Waals surface area contributed by atoms with Crippen LogP contribution in [0.5, 0.6) is 0 Å². The Bertz CT molecular complexity index is 1590. The fourth-order valence-electron chi connectivity index (χ4n) is 6.65. The highest BCUT2D eigenvalue weighted by molar-refractivity contribution is 5.73. The highest BCUT2D eigenvalue weighted by atomic mass is 16.7. The molecule has 0 aromatic heterocycles. The molecule has 4 aromatic rings. The lowest BCUT2D eigenvalue weighted by atomic mass is 9.89. The minimum Gasteiger partial charge on any atom is -0.392 e. The average Bonchev–Trinajstić information content (AvgIpc) is 3.13. The van der Waals surface area contributed by atoms with Crippen LogP contribution in [0.15, 0.2) is 103 Å². The van der Waals surface area contributed by atoms with Crippen LogP contribution in [0.3, 0.4) is 0 Å². The third-order valence-corrected chi connectivity index (χ3v) is 9.51. The largest absolute Gasteiger partial charge is 0.392 e. The number of aliphatic hydroxyl groups excluding tert-OH is 1. The van der Waals surface area contributed by atoms with Crippen molar-refractivity contribution < 1.29 is 19.4 Å². The van der Waals surface area contributed by atoms with Gasteiger partial charge >= 0.3 is 6.03 Å². The number of nitrogens with one attached hydrogen (secondary N) is 2. The number of carbonyl (C=O) groups excluding carboxylic acids is 1. The van der Waals surface area contributed by atoms with Gasteiger partial charge in [-0.25, -0.2) is 4.79 Å². The van der Waals surface area contributed by atoms with E-state index in [1.54, 1.807) is 0 Å². The van der Waals surface area contributed by atoms with Crippen LogP contribution in [-0.2, 0) is 29.2 Å². The maximum absolute atomic E-state index is 11.9. The molecule has 2 heterocycles. The van der Waals surface area contributed by atoms with Crippen LogP contribution in [-0.4, -0.2) is 66.3 Å². The molecule has 4 aromatic carbocycles. The van der Waals surface area contributed by atoms with Gasteiger partial charge < -0.3 is 25.2 Å². The van der Waals surface area contributed by atoms with E-state index in [4.69, 9.17) is 9.47 Å². The summed E-state index contributed by atoms with van der Waals surface area (Å²) in [4.78, 5) is 16.9. The van der Waals surface area contributed by atoms with E-state index in [1.165, 1.54) is 5.56 Å². The maximum Gasteiger partial charge on any atom is 0.315 e. The maximum atomic E-state index is 11.9. The molecule has 8 heteroatoms. The summed E-state index contributed by atoms with van der Waals surface area (Å²) in [5, 5.41) is 15.3. The van der Waals surface area contributed by atoms with Crippen LogP contribution in [0.25, 0.3) is 11.1 Å². The molecule has 8 nitrogen and oxygen atoms in total. The second-order valence-corrected chi connectivity index (χ2v) is 12.9. The highest BCUT2D eigenvalue weighted by Gasteiger charge is 2.39. The number of nitrogens with zero attached hydrogens (tertiary/aromatic N) is 2. The van der Waals surface area contributed by atoms with Crippen molar-refractivity contribution >= 4 is 6.03 Å². The van der Waals surface area contributed by atoms with Crippen molar-refractivity contribution in [3.8, 4) is 11.1 Å². The molecule has 4 atom stereocenters. The molecule has 0 radical (unpaired) electrons. The molecular formula is C40H48N4O4. The molecule has 2 aliphatic heterocycles. The van der Waals surface area contributed by atoms with Crippen molar-refractivity contribution in [2.45, 2.75) is 52.0 Å². The normalized spacial score (nSPS) is 21.9. The Labute approximate surface area is 284 Å². The average molecular weight is 649 g/mol. The number of hydrogen-bond donors (Lipinski definition) is 3. The summed E-state index contributed by atoms with van der Waals surface area (Å²) >= 11 is 0. The van der Waals surface area contributed by atoms with Gasteiger partial charge in [0.2, 0.25) is 0 Å². The summed E-state index contributed by atoms with van der Waals surface area (Å²) in [6.07, 6.45) is -0.662. The van der Waals surface area contributed by atoms with E-state index in [0.717, 1.165) is 72.6 Å². The standard InChI is InChI=1S/C40H48N4O4/c1-3-41-40(46)42-25-32-10-7-11-36(24-32)33-16-18-35(19-17-33)39-47-37(29(2)38(48-39)34-14-12-31(28-45)13-15-34)27-44-22-20-43(21-23-44)26-30-8-5-4-6-9-30/h4-19,24,29,37-39,45H,3,20-23,25-28H2,1-2H3,(H2,41,42,46)/t29-,37+,38+,39+/m1/s1. The number of rotatable bonds is 11. The van der Waals surface area contributed by atoms with E-state index in [2.05, 4.69) is 106 Å². The fourth-order valence-corrected chi connectivity index (χ4v) is 6.65. The summed E-state index contributed by atoms with van der Waals surface area (Å²) in [6.45, 7) is 11.1. The lowest BCUT2D eigenvalue weighted by Crippen LogP contribution is -2.51. The molecule has 48 heavy (non-hydrogen) atoms. The molecule has 2 saturated heterocycles. The fraction of sp³-hybridized carbons (Fsp3) is 0.375. The van der Waals surface area contributed by atoms with Crippen LogP contribution in [0.1, 0.15) is 54.1 Å². The Kier molecular flexibility index (Phi) is 11.5. The van der Waals surface area contributed by atoms with Crippen molar-refractivity contribution in [3.63, 3.8) is 0 Å². The molecule has 0 spiro atoms. The van der Waals surface area contributed by atoms with Crippen molar-refractivity contribution in [2.24, 2.45) is 5.92 Å². The van der Waals surface area contributed by atoms with Gasteiger partial charge in [0.05, 0.1) is 18.8 Å². The Morgan fingerprint density at radius 3 is 2.15 bits per heavy atom. The predicted octanol–water partition coefficient (Wildman–Crippen LogP) is 6.27. The molecule has 6 rings (SSSR count). The molecule has 0 aliphatic carbocycles. The van der Waals surface area contributed by atoms with Crippen LogP contribution in [0, 0.1) is 5.92 Å². The first kappa shape index (κ1) is 33.8. The van der Waals surface area contributed by atoms with E-state index >= 15 is 0 Å². The summed E-state index contributed by atoms with van der Waals surface area (Å²) in [5.74, 6) is 0.138. The number of benzene rings is 4. The Morgan fingerprint density at radius 2 is 1.44 bits per heavy atom. The van der Waals surface area contributed by atoms with Gasteiger partial charge in [0.15, 0.2) is 6.29 Å². The SMILES string of the molecule is CCNC(=O)NCc1cccc(-c2ccc([C@H]3O[C@@H](CN4CCN(Cc5ccccc5)CC4)[C@@H](C)[C@@H](c4ccc(CO)cc4)O3)cc2)c1. The summed E-state index contributed by atoms with van der Waals surface area (Å²) in [7, 11) is 0. The third kappa shape index (κ3) is 8.69. The molecule has 2 aliphatic rings. The molecule has 2 fully saturated rings. The monoisotopic (exact) mass is 648 g/mol. The molecule has 0 bridgehead atoms. The molecule has 2 amide bonds. The van der Waals surface area contributed by atoms with Crippen molar-refractivity contribution in [1.29, 1.82) is 0 Å². The minimum absolute atomic E-state index is 0.0132. The van der Waals surface area contributed by atoms with Gasteiger partial charge in [-0.2, -0.15) is 0 Å². The number of amides is 2. The van der Waals surface area contributed by atoms with E-state index in [0.29, 0.717) is 13.1 Å². The zero-order valence-electron chi connectivity index (χ0n) is 28.1. The molecule has 0 saturated carbocycles. The summed E-state index contributed by atoms with van der Waals surface area (Å²) in [5.41, 5.74) is 7.53. The van der Waals surface area contributed by atoms with Gasteiger partial charge in [-0.1, -0.05) is 104 Å². The van der Waals surface area contributed by atoms with E-state index in [-0.39, 0.29) is 30.8 Å². The van der Waals surface area contributed by atoms with Crippen molar-refractivity contribution in [2.75, 3.05) is 39.3 Å². The molecule has 252 valence electrons. The van der Waals surface area contributed by atoms with Crippen molar-refractivity contribution in [3.05, 3.63) is 131 Å². The van der Waals surface area contributed by atoms with E-state index in [9.17, 15) is 9.90 Å². The minimum atomic E-state index is -0.505. The highest BCUT2D eigenvalue weighted by Crippen LogP contribution is 2.42. The second-order valence-electron chi connectivity index (χ2n) is 12.9. The van der Waals surface area contributed by atoms with Crippen LogP contribution in [0.2, 0.25) is 0 Å². The zero-order valence-corrected chi connectivity index (χ0v) is 28.1. The molecule has 0 unspecified atom stereocenters. The van der Waals surface area contributed by atoms with Gasteiger partial charge in [0.1, 0.15) is 0 Å². The Balaban J connectivity index is 1.15. The smallest absolute Gasteiger partial charge is 0.315 e. The zero-order chi connectivity index (χ0) is 33.3. The lowest BCUT2D eigenvalue weighted by molar-refractivity contribution is -0.276. The number of ether oxygens (including phenoxy) is 2.